The van der Waals surface area contributed by atoms with Crippen molar-refractivity contribution in [3.8, 4) is 45.3 Å². The minimum atomic E-state index is 0.574. The Balaban J connectivity index is 1.43. The van der Waals surface area contributed by atoms with Crippen molar-refractivity contribution in [3.05, 3.63) is 126 Å². The molecule has 0 aliphatic carbocycles. The first-order valence-electron chi connectivity index (χ1n) is 12.3. The van der Waals surface area contributed by atoms with Gasteiger partial charge in [-0.05, 0) is 23.3 Å². The third-order valence-corrected chi connectivity index (χ3v) is 6.93. The monoisotopic (exact) mass is 509 g/mol. The number of fused-ring (bicyclic) bond motifs is 3. The molecule has 7 aromatic rings. The zero-order chi connectivity index (χ0) is 25.5. The van der Waals surface area contributed by atoms with Crippen LogP contribution in [0.15, 0.2) is 126 Å². The van der Waals surface area contributed by atoms with Crippen molar-refractivity contribution < 1.29 is 4.42 Å². The Kier molecular flexibility index (Phi) is 5.46. The molecule has 7 rings (SSSR count). The second-order valence-corrected chi connectivity index (χ2v) is 9.42. The molecule has 0 atom stereocenters. The average molecular weight is 510 g/mol. The maximum absolute atomic E-state index is 6.46. The van der Waals surface area contributed by atoms with E-state index in [1.54, 1.807) is 0 Å². The zero-order valence-electron chi connectivity index (χ0n) is 20.2. The van der Waals surface area contributed by atoms with E-state index in [-0.39, 0.29) is 0 Å². The van der Waals surface area contributed by atoms with Gasteiger partial charge in [0.1, 0.15) is 5.58 Å². The summed E-state index contributed by atoms with van der Waals surface area (Å²) in [4.78, 5) is 14.8. The van der Waals surface area contributed by atoms with E-state index in [2.05, 4.69) is 36.4 Å². The van der Waals surface area contributed by atoms with E-state index in [1.807, 2.05) is 84.9 Å². The topological polar surface area (TPSA) is 51.8 Å². The molecule has 0 unspecified atom stereocenters. The standard InChI is InChI=1S/C33H20ClN3O/c34-27-15-7-13-25-29-26(14-8-16-28(29)38-30(25)27)33-36-31(23-11-5-2-6-12-23)35-32(37-33)24-19-17-22(18-20-24)21-9-3-1-4-10-21/h1-20H. The smallest absolute Gasteiger partial charge is 0.164 e. The first kappa shape index (κ1) is 22.4. The summed E-state index contributed by atoms with van der Waals surface area (Å²) >= 11 is 6.46. The highest BCUT2D eigenvalue weighted by atomic mass is 35.5. The van der Waals surface area contributed by atoms with Gasteiger partial charge in [-0.3, -0.25) is 0 Å². The lowest BCUT2D eigenvalue weighted by atomic mass is 10.0. The molecule has 0 amide bonds. The lowest BCUT2D eigenvalue weighted by Gasteiger charge is -2.10. The number of hydrogen-bond acceptors (Lipinski definition) is 4. The minimum Gasteiger partial charge on any atom is -0.454 e. The van der Waals surface area contributed by atoms with Crippen LogP contribution in [-0.2, 0) is 0 Å². The van der Waals surface area contributed by atoms with Crippen LogP contribution < -0.4 is 0 Å². The van der Waals surface area contributed by atoms with Crippen molar-refractivity contribution in [2.24, 2.45) is 0 Å². The molecule has 0 saturated heterocycles. The van der Waals surface area contributed by atoms with Gasteiger partial charge in [-0.15, -0.1) is 0 Å². The van der Waals surface area contributed by atoms with Gasteiger partial charge in [-0.2, -0.15) is 0 Å². The summed E-state index contributed by atoms with van der Waals surface area (Å²) in [5, 5.41) is 2.43. The van der Waals surface area contributed by atoms with E-state index in [9.17, 15) is 0 Å². The highest BCUT2D eigenvalue weighted by Crippen LogP contribution is 2.38. The highest BCUT2D eigenvalue weighted by molar-refractivity contribution is 6.36. The van der Waals surface area contributed by atoms with E-state index >= 15 is 0 Å². The molecule has 0 aliphatic heterocycles. The van der Waals surface area contributed by atoms with Crippen LogP contribution >= 0.6 is 11.6 Å². The molecule has 0 N–H and O–H groups in total. The number of aromatic nitrogens is 3. The van der Waals surface area contributed by atoms with E-state index in [0.717, 1.165) is 44.2 Å². The number of hydrogen-bond donors (Lipinski definition) is 0. The average Bonchev–Trinajstić information content (AvgIpc) is 3.38. The van der Waals surface area contributed by atoms with Crippen LogP contribution in [0.4, 0.5) is 0 Å². The Labute approximate surface area is 224 Å². The maximum atomic E-state index is 6.46. The summed E-state index contributed by atoms with van der Waals surface area (Å²) < 4.78 is 6.13. The van der Waals surface area contributed by atoms with Gasteiger partial charge in [0.05, 0.1) is 5.02 Å². The second kappa shape index (κ2) is 9.25. The fourth-order valence-corrected chi connectivity index (χ4v) is 5.00. The van der Waals surface area contributed by atoms with Crippen molar-refractivity contribution in [3.63, 3.8) is 0 Å². The third-order valence-electron chi connectivity index (χ3n) is 6.63. The number of nitrogens with zero attached hydrogens (tertiary/aromatic N) is 3. The summed E-state index contributed by atoms with van der Waals surface area (Å²) in [6.45, 7) is 0. The molecular formula is C33H20ClN3O. The van der Waals surface area contributed by atoms with Crippen LogP contribution in [0.25, 0.3) is 67.2 Å². The fraction of sp³-hybridized carbons (Fsp3) is 0. The summed E-state index contributed by atoms with van der Waals surface area (Å²) in [5.74, 6) is 1.80. The number of furan rings is 1. The van der Waals surface area contributed by atoms with Gasteiger partial charge in [0.15, 0.2) is 23.1 Å². The molecule has 0 bridgehead atoms. The van der Waals surface area contributed by atoms with Gasteiger partial charge >= 0.3 is 0 Å². The molecule has 5 heteroatoms. The van der Waals surface area contributed by atoms with E-state index in [0.29, 0.717) is 28.1 Å². The van der Waals surface area contributed by atoms with Gasteiger partial charge in [0.2, 0.25) is 0 Å². The van der Waals surface area contributed by atoms with Crippen molar-refractivity contribution in [1.82, 2.24) is 15.0 Å². The number of benzene rings is 5. The van der Waals surface area contributed by atoms with Gasteiger partial charge in [-0.25, -0.2) is 15.0 Å². The van der Waals surface area contributed by atoms with Crippen LogP contribution in [-0.4, -0.2) is 15.0 Å². The summed E-state index contributed by atoms with van der Waals surface area (Å²) in [5.41, 5.74) is 6.40. The van der Waals surface area contributed by atoms with Gasteiger partial charge in [-0.1, -0.05) is 121 Å². The number of para-hydroxylation sites is 1. The predicted octanol–water partition coefficient (Wildman–Crippen LogP) is 9.09. The minimum absolute atomic E-state index is 0.574. The number of rotatable bonds is 4. The largest absolute Gasteiger partial charge is 0.454 e. The normalized spacial score (nSPS) is 11.3. The quantitative estimate of drug-likeness (QED) is 0.237. The van der Waals surface area contributed by atoms with Gasteiger partial charge < -0.3 is 4.42 Å². The summed E-state index contributed by atoms with van der Waals surface area (Å²) in [7, 11) is 0. The maximum Gasteiger partial charge on any atom is 0.164 e. The summed E-state index contributed by atoms with van der Waals surface area (Å²) in [6, 6.07) is 40.3. The third kappa shape index (κ3) is 3.92. The van der Waals surface area contributed by atoms with Crippen LogP contribution in [0.2, 0.25) is 5.02 Å². The first-order chi connectivity index (χ1) is 18.7. The molecule has 0 spiro atoms. The summed E-state index contributed by atoms with van der Waals surface area (Å²) in [6.07, 6.45) is 0. The Morgan fingerprint density at radius 3 is 1.74 bits per heavy atom. The molecule has 0 saturated carbocycles. The highest BCUT2D eigenvalue weighted by Gasteiger charge is 2.18. The molecule has 0 aliphatic rings. The predicted molar refractivity (Wildman–Crippen MR) is 154 cm³/mol. The van der Waals surface area contributed by atoms with E-state index in [4.69, 9.17) is 31.0 Å². The van der Waals surface area contributed by atoms with Crippen LogP contribution in [0.5, 0.6) is 0 Å². The fourth-order valence-electron chi connectivity index (χ4n) is 4.78. The van der Waals surface area contributed by atoms with Crippen LogP contribution in [0.1, 0.15) is 0 Å². The van der Waals surface area contributed by atoms with Crippen LogP contribution in [0.3, 0.4) is 0 Å². The van der Waals surface area contributed by atoms with Crippen molar-refractivity contribution in [2.45, 2.75) is 0 Å². The van der Waals surface area contributed by atoms with Crippen molar-refractivity contribution in [2.75, 3.05) is 0 Å². The van der Waals surface area contributed by atoms with Crippen LogP contribution in [0, 0.1) is 0 Å². The zero-order valence-corrected chi connectivity index (χ0v) is 20.9. The second-order valence-electron chi connectivity index (χ2n) is 9.01. The Bertz CT molecular complexity index is 1910. The van der Waals surface area contributed by atoms with Crippen molar-refractivity contribution >= 4 is 33.5 Å². The molecule has 38 heavy (non-hydrogen) atoms. The Morgan fingerprint density at radius 2 is 1.03 bits per heavy atom. The van der Waals surface area contributed by atoms with Gasteiger partial charge in [0.25, 0.3) is 0 Å². The van der Waals surface area contributed by atoms with E-state index < -0.39 is 0 Å². The Morgan fingerprint density at radius 1 is 0.474 bits per heavy atom. The Hall–Kier alpha value is -4.80. The first-order valence-corrected chi connectivity index (χ1v) is 12.7. The van der Waals surface area contributed by atoms with Crippen molar-refractivity contribution in [1.29, 1.82) is 0 Å². The lowest BCUT2D eigenvalue weighted by Crippen LogP contribution is -2.00. The molecule has 180 valence electrons. The molecule has 0 radical (unpaired) electrons. The molecule has 2 heterocycles. The molecular weight excluding hydrogens is 490 g/mol. The van der Waals surface area contributed by atoms with E-state index in [1.165, 1.54) is 0 Å². The molecule has 4 nitrogen and oxygen atoms in total. The van der Waals surface area contributed by atoms with Gasteiger partial charge in [0, 0.05) is 27.5 Å². The molecule has 2 aromatic heterocycles. The molecule has 5 aromatic carbocycles. The SMILES string of the molecule is Clc1cccc2c1oc1cccc(-c3nc(-c4ccccc4)nc(-c4ccc(-c5ccccc5)cc4)n3)c12. The lowest BCUT2D eigenvalue weighted by molar-refractivity contribution is 0.669. The molecule has 0 fully saturated rings. The number of halogens is 1.